The third-order valence-electron chi connectivity index (χ3n) is 6.19. The van der Waals surface area contributed by atoms with Gasteiger partial charge in [-0.25, -0.2) is 8.42 Å². The number of hydrogen-bond donors (Lipinski definition) is 1. The predicted molar refractivity (Wildman–Crippen MR) is 151 cm³/mol. The maximum Gasteiger partial charge on any atom is 0.264 e. The molecule has 0 aliphatic rings. The number of sulfonamides is 1. The van der Waals surface area contributed by atoms with E-state index in [1.165, 1.54) is 68.6 Å². The summed E-state index contributed by atoms with van der Waals surface area (Å²) in [5.74, 6) is -0.368. The molecule has 39 heavy (non-hydrogen) atoms. The molecule has 0 aromatic heterocycles. The van der Waals surface area contributed by atoms with E-state index in [0.29, 0.717) is 10.8 Å². The number of likely N-dealkylation sites (N-methyl/N-ethyl adjacent to an activating group) is 1. The Morgan fingerprint density at radius 2 is 1.64 bits per heavy atom. The molecule has 0 unspecified atom stereocenters. The first-order chi connectivity index (χ1) is 18.5. The molecule has 0 aliphatic heterocycles. The van der Waals surface area contributed by atoms with Crippen LogP contribution >= 0.6 is 11.6 Å². The largest absolute Gasteiger partial charge is 0.493 e. The van der Waals surface area contributed by atoms with Crippen LogP contribution in [0.25, 0.3) is 0 Å². The molecular weight excluding hydrogens is 542 g/mol. The van der Waals surface area contributed by atoms with Crippen molar-refractivity contribution >= 4 is 39.1 Å². The number of methoxy groups -OCH3 is 2. The van der Waals surface area contributed by atoms with E-state index in [1.807, 2.05) is 31.2 Å². The zero-order valence-corrected chi connectivity index (χ0v) is 24.0. The van der Waals surface area contributed by atoms with Crippen molar-refractivity contribution in [3.63, 3.8) is 0 Å². The monoisotopic (exact) mass is 573 g/mol. The summed E-state index contributed by atoms with van der Waals surface area (Å²) in [6.07, 6.45) is 0. The minimum Gasteiger partial charge on any atom is -0.493 e. The summed E-state index contributed by atoms with van der Waals surface area (Å²) >= 11 is 6.05. The highest BCUT2D eigenvalue weighted by Gasteiger charge is 2.32. The summed E-state index contributed by atoms with van der Waals surface area (Å²) in [7, 11) is 0.0507. The summed E-state index contributed by atoms with van der Waals surface area (Å²) in [6.45, 7) is 3.07. The number of carbonyl (C=O) groups excluding carboxylic acids is 2. The minimum absolute atomic E-state index is 0.104. The van der Waals surface area contributed by atoms with Gasteiger partial charge >= 0.3 is 0 Å². The molecule has 9 nitrogen and oxygen atoms in total. The lowest BCUT2D eigenvalue weighted by Crippen LogP contribution is -2.50. The predicted octanol–water partition coefficient (Wildman–Crippen LogP) is 4.02. The smallest absolute Gasteiger partial charge is 0.264 e. The average molecular weight is 574 g/mol. The third kappa shape index (κ3) is 7.01. The van der Waals surface area contributed by atoms with Crippen LogP contribution in [0.1, 0.15) is 18.1 Å². The second kappa shape index (κ2) is 12.9. The van der Waals surface area contributed by atoms with Gasteiger partial charge in [0.25, 0.3) is 10.0 Å². The number of nitrogens with one attached hydrogen (secondary N) is 1. The summed E-state index contributed by atoms with van der Waals surface area (Å²) in [6, 6.07) is 17.0. The van der Waals surface area contributed by atoms with Crippen molar-refractivity contribution in [1.29, 1.82) is 0 Å². The van der Waals surface area contributed by atoms with Crippen molar-refractivity contribution in [1.82, 2.24) is 10.2 Å². The van der Waals surface area contributed by atoms with E-state index in [-0.39, 0.29) is 28.8 Å². The van der Waals surface area contributed by atoms with Crippen LogP contribution in [0, 0.1) is 6.92 Å². The van der Waals surface area contributed by atoms with Crippen LogP contribution in [0.2, 0.25) is 5.02 Å². The Morgan fingerprint density at radius 3 is 2.23 bits per heavy atom. The molecule has 3 aromatic rings. The van der Waals surface area contributed by atoms with Crippen LogP contribution in [0.4, 0.5) is 5.69 Å². The van der Waals surface area contributed by atoms with E-state index in [1.54, 1.807) is 6.92 Å². The van der Waals surface area contributed by atoms with Crippen molar-refractivity contribution in [3.8, 4) is 11.5 Å². The first kappa shape index (κ1) is 29.8. The first-order valence-electron chi connectivity index (χ1n) is 12.1. The van der Waals surface area contributed by atoms with Crippen LogP contribution in [0.3, 0.4) is 0 Å². The molecule has 3 rings (SSSR count). The minimum atomic E-state index is -4.28. The van der Waals surface area contributed by atoms with Gasteiger partial charge in [-0.3, -0.25) is 13.9 Å². The zero-order chi connectivity index (χ0) is 28.7. The molecule has 0 fully saturated rings. The van der Waals surface area contributed by atoms with Crippen molar-refractivity contribution in [2.24, 2.45) is 0 Å². The number of aryl methyl sites for hydroxylation is 1. The van der Waals surface area contributed by atoms with Gasteiger partial charge in [-0.15, -0.1) is 0 Å². The number of rotatable bonds is 11. The third-order valence-corrected chi connectivity index (χ3v) is 8.21. The Balaban J connectivity index is 2.07. The molecule has 0 saturated carbocycles. The van der Waals surface area contributed by atoms with Crippen molar-refractivity contribution in [2.75, 3.05) is 32.1 Å². The lowest BCUT2D eigenvalue weighted by molar-refractivity contribution is -0.139. The Bertz CT molecular complexity index is 1430. The van der Waals surface area contributed by atoms with Gasteiger partial charge in [0.2, 0.25) is 11.8 Å². The number of ether oxygens (including phenoxy) is 2. The van der Waals surface area contributed by atoms with E-state index in [2.05, 4.69) is 5.32 Å². The fourth-order valence-electron chi connectivity index (χ4n) is 4.04. The van der Waals surface area contributed by atoms with E-state index >= 15 is 0 Å². The lowest BCUT2D eigenvalue weighted by Gasteiger charge is -2.32. The molecule has 3 aromatic carbocycles. The molecule has 1 N–H and O–H groups in total. The van der Waals surface area contributed by atoms with Crippen molar-refractivity contribution < 1.29 is 27.5 Å². The van der Waals surface area contributed by atoms with E-state index in [9.17, 15) is 18.0 Å². The molecule has 1 atom stereocenters. The fourth-order valence-corrected chi connectivity index (χ4v) is 5.60. The summed E-state index contributed by atoms with van der Waals surface area (Å²) in [5, 5.41) is 2.97. The van der Waals surface area contributed by atoms with Gasteiger partial charge in [0.15, 0.2) is 11.5 Å². The highest BCUT2D eigenvalue weighted by Crippen LogP contribution is 2.32. The summed E-state index contributed by atoms with van der Waals surface area (Å²) < 4.78 is 39.4. The SMILES string of the molecule is CNC(=O)[C@H](C)N(Cc1cccc(C)c1)C(=O)CN(c1ccc(Cl)cc1)S(=O)(=O)c1ccc(OC)c(OC)c1. The molecule has 2 amide bonds. The number of carbonyl (C=O) groups is 2. The topological polar surface area (TPSA) is 105 Å². The number of amides is 2. The lowest BCUT2D eigenvalue weighted by atomic mass is 10.1. The second-order valence-electron chi connectivity index (χ2n) is 8.81. The Hall–Kier alpha value is -3.76. The van der Waals surface area contributed by atoms with Crippen LogP contribution in [0.15, 0.2) is 71.6 Å². The van der Waals surface area contributed by atoms with Crippen LogP contribution in [0.5, 0.6) is 11.5 Å². The fraction of sp³-hybridized carbons (Fsp3) is 0.286. The van der Waals surface area contributed by atoms with Crippen LogP contribution in [-0.4, -0.2) is 59.0 Å². The highest BCUT2D eigenvalue weighted by atomic mass is 35.5. The normalized spacial score (nSPS) is 11.8. The van der Waals surface area contributed by atoms with E-state index in [4.69, 9.17) is 21.1 Å². The van der Waals surface area contributed by atoms with Gasteiger partial charge in [0, 0.05) is 24.7 Å². The quantitative estimate of drug-likeness (QED) is 0.371. The van der Waals surface area contributed by atoms with Gasteiger partial charge in [-0.2, -0.15) is 0 Å². The standard InChI is InChI=1S/C28H32ClN3O6S/c1-19-7-6-8-21(15-19)17-31(20(2)28(34)30-3)27(33)18-32(23-11-9-22(29)10-12-23)39(35,36)24-13-14-25(37-4)26(16-24)38-5/h6-16,20H,17-18H2,1-5H3,(H,30,34)/t20-/m0/s1. The van der Waals surface area contributed by atoms with Crippen molar-refractivity contribution in [3.05, 3.63) is 82.9 Å². The molecule has 0 heterocycles. The molecule has 0 aliphatic carbocycles. The van der Waals surface area contributed by atoms with Gasteiger partial charge in [-0.05, 0) is 55.8 Å². The maximum absolute atomic E-state index is 14.0. The Labute approximate surface area is 234 Å². The molecule has 0 radical (unpaired) electrons. The van der Waals surface area contributed by atoms with Gasteiger partial charge in [0.05, 0.1) is 24.8 Å². The van der Waals surface area contributed by atoms with Crippen LogP contribution in [-0.2, 0) is 26.2 Å². The number of nitrogens with zero attached hydrogens (tertiary/aromatic N) is 2. The van der Waals surface area contributed by atoms with Crippen molar-refractivity contribution in [2.45, 2.75) is 31.3 Å². The van der Waals surface area contributed by atoms with Gasteiger partial charge < -0.3 is 19.7 Å². The van der Waals surface area contributed by atoms with E-state index < -0.39 is 28.5 Å². The van der Waals surface area contributed by atoms with Crippen LogP contribution < -0.4 is 19.1 Å². The summed E-state index contributed by atoms with van der Waals surface area (Å²) in [5.41, 5.74) is 2.02. The average Bonchev–Trinajstić information content (AvgIpc) is 2.93. The Morgan fingerprint density at radius 1 is 0.974 bits per heavy atom. The highest BCUT2D eigenvalue weighted by molar-refractivity contribution is 7.92. The molecule has 11 heteroatoms. The first-order valence-corrected chi connectivity index (χ1v) is 13.9. The molecule has 0 spiro atoms. The molecule has 208 valence electrons. The number of hydrogen-bond acceptors (Lipinski definition) is 6. The summed E-state index contributed by atoms with van der Waals surface area (Å²) in [4.78, 5) is 27.7. The molecular formula is C28H32ClN3O6S. The molecule has 0 saturated heterocycles. The second-order valence-corrected chi connectivity index (χ2v) is 11.1. The van der Waals surface area contributed by atoms with Gasteiger partial charge in [-0.1, -0.05) is 41.4 Å². The Kier molecular flexibility index (Phi) is 9.82. The maximum atomic E-state index is 14.0. The number of anilines is 1. The number of halogens is 1. The van der Waals surface area contributed by atoms with Gasteiger partial charge in [0.1, 0.15) is 12.6 Å². The van der Waals surface area contributed by atoms with E-state index in [0.717, 1.165) is 15.4 Å². The zero-order valence-electron chi connectivity index (χ0n) is 22.5. The number of benzene rings is 3. The molecule has 0 bridgehead atoms.